The Labute approximate surface area is 70.4 Å². The molecule has 0 unspecified atom stereocenters. The van der Waals surface area contributed by atoms with Gasteiger partial charge in [-0.05, 0) is 6.42 Å². The maximum Gasteiger partial charge on any atom is 0.303 e. The molecule has 5 heteroatoms. The van der Waals surface area contributed by atoms with Crippen molar-refractivity contribution in [2.75, 3.05) is 0 Å². The number of nitriles is 2. The smallest absolute Gasteiger partial charge is 0.303 e. The van der Waals surface area contributed by atoms with Gasteiger partial charge in [-0.1, -0.05) is 13.3 Å². The van der Waals surface area contributed by atoms with Gasteiger partial charge >= 0.3 is 5.97 Å². The molecule has 0 atom stereocenters. The maximum atomic E-state index is 9.76. The van der Waals surface area contributed by atoms with E-state index in [1.54, 1.807) is 0 Å². The van der Waals surface area contributed by atoms with Crippen LogP contribution in [0, 0.1) is 22.7 Å². The Kier molecular flexibility index (Phi) is 22.6. The van der Waals surface area contributed by atoms with Gasteiger partial charge in [-0.25, -0.2) is 0 Å². The van der Waals surface area contributed by atoms with Gasteiger partial charge in [0.15, 0.2) is 12.1 Å². The van der Waals surface area contributed by atoms with E-state index in [2.05, 4.69) is 0 Å². The van der Waals surface area contributed by atoms with E-state index < -0.39 is 5.97 Å². The van der Waals surface area contributed by atoms with Crippen LogP contribution in [0.3, 0.4) is 0 Å². The van der Waals surface area contributed by atoms with Crippen LogP contribution in [-0.2, 0) is 4.79 Å². The molecule has 0 radical (unpaired) electrons. The number of nitrogens with zero attached hydrogens (tertiary/aromatic N) is 2. The van der Waals surface area contributed by atoms with Gasteiger partial charge in [0, 0.05) is 6.42 Å². The van der Waals surface area contributed by atoms with E-state index in [9.17, 15) is 4.79 Å². The summed E-state index contributed by atoms with van der Waals surface area (Å²) in [4.78, 5) is 9.76. The molecule has 0 heterocycles. The number of carbonyl (C=O) groups is 1. The van der Waals surface area contributed by atoms with E-state index >= 15 is 0 Å². The molecule has 0 amide bonds. The normalized spacial score (nSPS) is 5.92. The lowest BCUT2D eigenvalue weighted by Gasteiger charge is -1.85. The van der Waals surface area contributed by atoms with Crippen molar-refractivity contribution in [1.82, 2.24) is 0 Å². The molecule has 0 bridgehead atoms. The van der Waals surface area contributed by atoms with Gasteiger partial charge in [0.2, 0.25) is 0 Å². The van der Waals surface area contributed by atoms with Gasteiger partial charge in [-0.15, -0.1) is 0 Å². The molecular formula is C7H11FN2O2. The van der Waals surface area contributed by atoms with Crippen molar-refractivity contribution < 1.29 is 14.6 Å². The molecule has 0 saturated heterocycles. The third kappa shape index (κ3) is 40.0. The van der Waals surface area contributed by atoms with Crippen LogP contribution in [0.4, 0.5) is 4.70 Å². The third-order valence-electron chi connectivity index (χ3n) is 0.794. The van der Waals surface area contributed by atoms with Crippen molar-refractivity contribution >= 4 is 5.97 Å². The molecular weight excluding hydrogens is 163 g/mol. The predicted octanol–water partition coefficient (Wildman–Crippen LogP) is 1.45. The van der Waals surface area contributed by atoms with Gasteiger partial charge in [0.1, 0.15) is 0 Å². The molecule has 0 aromatic rings. The monoisotopic (exact) mass is 174 g/mol. The number of unbranched alkanes of at least 4 members (excludes halogenated alkanes) is 1. The zero-order chi connectivity index (χ0) is 9.11. The Bertz CT molecular complexity index is 169. The summed E-state index contributed by atoms with van der Waals surface area (Å²) in [5.74, 6) is -0.693. The van der Waals surface area contributed by atoms with E-state index in [1.807, 2.05) is 6.92 Å². The number of aliphatic carboxylic acids is 1. The van der Waals surface area contributed by atoms with Crippen LogP contribution in [-0.4, -0.2) is 11.1 Å². The van der Waals surface area contributed by atoms with Gasteiger partial charge in [-0.2, -0.15) is 10.5 Å². The van der Waals surface area contributed by atoms with Crippen LogP contribution in [0.25, 0.3) is 0 Å². The highest BCUT2D eigenvalue weighted by molar-refractivity contribution is 5.66. The Hall–Kier alpha value is -1.62. The first-order chi connectivity index (χ1) is 5.18. The second-order valence-electron chi connectivity index (χ2n) is 1.72. The van der Waals surface area contributed by atoms with Crippen molar-refractivity contribution in [1.29, 1.82) is 10.5 Å². The number of halogens is 1. The van der Waals surface area contributed by atoms with Crippen LogP contribution in [0.2, 0.25) is 0 Å². The fourth-order valence-electron chi connectivity index (χ4n) is 0.328. The molecule has 0 aliphatic carbocycles. The number of carboxylic acids is 1. The minimum atomic E-state index is -0.693. The van der Waals surface area contributed by atoms with Crippen molar-refractivity contribution in [3.63, 3.8) is 0 Å². The van der Waals surface area contributed by atoms with Crippen molar-refractivity contribution in [3.05, 3.63) is 0 Å². The molecule has 0 rings (SSSR count). The number of hydrogen-bond acceptors (Lipinski definition) is 3. The van der Waals surface area contributed by atoms with E-state index in [0.29, 0.717) is 6.42 Å². The highest BCUT2D eigenvalue weighted by Crippen LogP contribution is 1.91. The highest BCUT2D eigenvalue weighted by atomic mass is 19.0. The lowest BCUT2D eigenvalue weighted by atomic mass is 10.3. The standard InChI is InChI=1S/C5H10O2.C2N2.FH/c1-2-3-4-5(6)7;3-1-2-4;/h2-4H2,1H3,(H,6,7);;1H. The molecule has 4 nitrogen and oxygen atoms in total. The fourth-order valence-corrected chi connectivity index (χ4v) is 0.328. The summed E-state index contributed by atoms with van der Waals surface area (Å²) in [5.41, 5.74) is 0. The first-order valence-corrected chi connectivity index (χ1v) is 3.19. The largest absolute Gasteiger partial charge is 0.481 e. The van der Waals surface area contributed by atoms with Crippen LogP contribution < -0.4 is 0 Å². The fraction of sp³-hybridized carbons (Fsp3) is 0.571. The molecule has 68 valence electrons. The zero-order valence-electron chi connectivity index (χ0n) is 6.78. The zero-order valence-corrected chi connectivity index (χ0v) is 6.78. The minimum absolute atomic E-state index is 0. The molecule has 0 aromatic heterocycles. The van der Waals surface area contributed by atoms with Gasteiger partial charge in [0.05, 0.1) is 0 Å². The second-order valence-corrected chi connectivity index (χ2v) is 1.72. The lowest BCUT2D eigenvalue weighted by Crippen LogP contribution is -1.91. The number of hydrogen-bond donors (Lipinski definition) is 1. The Balaban J connectivity index is -0.000000142. The van der Waals surface area contributed by atoms with E-state index in [4.69, 9.17) is 15.6 Å². The van der Waals surface area contributed by atoms with Gasteiger partial charge in [-0.3, -0.25) is 9.50 Å². The van der Waals surface area contributed by atoms with Gasteiger partial charge < -0.3 is 5.11 Å². The van der Waals surface area contributed by atoms with Crippen molar-refractivity contribution in [2.24, 2.45) is 0 Å². The van der Waals surface area contributed by atoms with Crippen LogP contribution in [0.15, 0.2) is 0 Å². The summed E-state index contributed by atoms with van der Waals surface area (Å²) in [6.45, 7) is 1.98. The summed E-state index contributed by atoms with van der Waals surface area (Å²) >= 11 is 0. The summed E-state index contributed by atoms with van der Waals surface area (Å²) in [7, 11) is 0. The molecule has 0 fully saturated rings. The average Bonchev–Trinajstić information content (AvgIpc) is 2.01. The van der Waals surface area contributed by atoms with Crippen molar-refractivity contribution in [3.8, 4) is 12.1 Å². The first-order valence-electron chi connectivity index (χ1n) is 3.19. The Morgan fingerprint density at radius 3 is 1.92 bits per heavy atom. The molecule has 1 N–H and O–H groups in total. The number of rotatable bonds is 3. The number of carboxylic acid groups (broad SMARTS) is 1. The lowest BCUT2D eigenvalue weighted by molar-refractivity contribution is -0.137. The molecule has 12 heavy (non-hydrogen) atoms. The average molecular weight is 174 g/mol. The predicted molar refractivity (Wildman–Crippen MR) is 40.9 cm³/mol. The quantitative estimate of drug-likeness (QED) is 0.701. The molecule has 0 saturated carbocycles. The maximum absolute atomic E-state index is 9.76. The topological polar surface area (TPSA) is 84.9 Å². The van der Waals surface area contributed by atoms with E-state index in [0.717, 1.165) is 12.8 Å². The second kappa shape index (κ2) is 16.2. The summed E-state index contributed by atoms with van der Waals surface area (Å²) < 4.78 is 0. The van der Waals surface area contributed by atoms with Crippen molar-refractivity contribution in [2.45, 2.75) is 26.2 Å². The summed E-state index contributed by atoms with van der Waals surface area (Å²) in [5, 5.41) is 22.6. The first kappa shape index (κ1) is 16.8. The third-order valence-corrected chi connectivity index (χ3v) is 0.794. The molecule has 0 spiro atoms. The molecule has 0 aliphatic heterocycles. The SMILES string of the molecule is CCCCC(=O)O.F.N#CC#N. The molecule has 0 aliphatic rings. The Morgan fingerprint density at radius 1 is 1.42 bits per heavy atom. The summed E-state index contributed by atoms with van der Waals surface area (Å²) in [6.07, 6.45) is 2.08. The highest BCUT2D eigenvalue weighted by Gasteiger charge is 1.90. The van der Waals surface area contributed by atoms with Crippen LogP contribution in [0.5, 0.6) is 0 Å². The van der Waals surface area contributed by atoms with Gasteiger partial charge in [0.25, 0.3) is 0 Å². The van der Waals surface area contributed by atoms with Crippen LogP contribution in [0.1, 0.15) is 26.2 Å². The van der Waals surface area contributed by atoms with E-state index in [-0.39, 0.29) is 4.70 Å². The van der Waals surface area contributed by atoms with Crippen LogP contribution >= 0.6 is 0 Å². The molecule has 0 aromatic carbocycles. The minimum Gasteiger partial charge on any atom is -0.481 e. The Morgan fingerprint density at radius 2 is 1.83 bits per heavy atom. The summed E-state index contributed by atoms with van der Waals surface area (Å²) in [6, 6.07) is 2.47. The van der Waals surface area contributed by atoms with E-state index in [1.165, 1.54) is 12.1 Å².